The highest BCUT2D eigenvalue weighted by molar-refractivity contribution is 6.36. The Balaban J connectivity index is 2.17. The first-order chi connectivity index (χ1) is 9.08. The third-order valence-corrected chi connectivity index (χ3v) is 2.64. The zero-order chi connectivity index (χ0) is 13.8. The summed E-state index contributed by atoms with van der Waals surface area (Å²) >= 11 is 11.7. The Kier molecular flexibility index (Phi) is 3.98. The summed E-state index contributed by atoms with van der Waals surface area (Å²) in [5.74, 6) is 0.0288. The Morgan fingerprint density at radius 3 is 2.74 bits per heavy atom. The molecule has 7 nitrogen and oxygen atoms in total. The van der Waals surface area contributed by atoms with Crippen molar-refractivity contribution in [3.8, 4) is 0 Å². The average Bonchev–Trinajstić information content (AvgIpc) is 2.78. The molecule has 0 amide bonds. The minimum atomic E-state index is -0.0138. The highest BCUT2D eigenvalue weighted by Crippen LogP contribution is 2.19. The topological polar surface area (TPSA) is 116 Å². The van der Waals surface area contributed by atoms with E-state index in [2.05, 4.69) is 25.1 Å². The van der Waals surface area contributed by atoms with Crippen LogP contribution in [0.3, 0.4) is 0 Å². The lowest BCUT2D eigenvalue weighted by Crippen LogP contribution is -2.15. The first kappa shape index (κ1) is 13.3. The maximum atomic E-state index is 5.96. The first-order valence-corrected chi connectivity index (χ1v) is 5.73. The van der Waals surface area contributed by atoms with E-state index in [1.165, 1.54) is 6.21 Å². The van der Waals surface area contributed by atoms with Crippen LogP contribution < -0.4 is 11.5 Å². The largest absolute Gasteiger partial charge is 0.380 e. The van der Waals surface area contributed by atoms with Crippen molar-refractivity contribution in [2.24, 2.45) is 15.9 Å². The van der Waals surface area contributed by atoms with Crippen molar-refractivity contribution in [2.45, 2.75) is 0 Å². The van der Waals surface area contributed by atoms with Gasteiger partial charge in [-0.2, -0.15) is 5.10 Å². The van der Waals surface area contributed by atoms with Crippen LogP contribution in [0.2, 0.25) is 10.0 Å². The number of aromatic nitrogens is 2. The monoisotopic (exact) mass is 298 g/mol. The van der Waals surface area contributed by atoms with Crippen LogP contribution in [-0.2, 0) is 0 Å². The molecule has 0 unspecified atom stereocenters. The Morgan fingerprint density at radius 1 is 1.32 bits per heavy atom. The lowest BCUT2D eigenvalue weighted by molar-refractivity contribution is 0.308. The van der Waals surface area contributed by atoms with E-state index in [4.69, 9.17) is 34.7 Å². The quantitative estimate of drug-likeness (QED) is 0.508. The molecular weight excluding hydrogens is 291 g/mol. The summed E-state index contributed by atoms with van der Waals surface area (Å²) in [7, 11) is 0. The number of benzene rings is 1. The normalized spacial score (nSPS) is 12.2. The summed E-state index contributed by atoms with van der Waals surface area (Å²) in [6, 6.07) is 4.98. The maximum Gasteiger partial charge on any atom is 0.199 e. The van der Waals surface area contributed by atoms with Gasteiger partial charge < -0.3 is 11.5 Å². The summed E-state index contributed by atoms with van der Waals surface area (Å²) in [5.41, 5.74) is 11.8. The van der Waals surface area contributed by atoms with Crippen LogP contribution in [0.5, 0.6) is 0 Å². The molecule has 1 aromatic carbocycles. The first-order valence-electron chi connectivity index (χ1n) is 4.98. The van der Waals surface area contributed by atoms with Crippen molar-refractivity contribution in [3.63, 3.8) is 0 Å². The Labute approximate surface area is 117 Å². The van der Waals surface area contributed by atoms with Crippen LogP contribution in [0.1, 0.15) is 11.3 Å². The lowest BCUT2D eigenvalue weighted by Gasteiger charge is -1.97. The van der Waals surface area contributed by atoms with Crippen molar-refractivity contribution in [1.82, 2.24) is 10.3 Å². The van der Waals surface area contributed by atoms with Crippen LogP contribution in [0, 0.1) is 0 Å². The number of nitrogens with zero attached hydrogens (tertiary/aromatic N) is 4. The summed E-state index contributed by atoms with van der Waals surface area (Å²) < 4.78 is 4.39. The molecule has 2 rings (SSSR count). The van der Waals surface area contributed by atoms with Crippen molar-refractivity contribution in [2.75, 3.05) is 5.73 Å². The molecule has 9 heteroatoms. The number of hydrogen-bond acceptors (Lipinski definition) is 6. The van der Waals surface area contributed by atoms with Gasteiger partial charge in [-0.15, -0.1) is 5.10 Å². The molecule has 1 heterocycles. The molecule has 1 aromatic heterocycles. The van der Waals surface area contributed by atoms with Crippen LogP contribution >= 0.6 is 23.2 Å². The molecule has 0 saturated carbocycles. The number of nitrogen functional groups attached to an aromatic ring is 1. The van der Waals surface area contributed by atoms with Gasteiger partial charge in [0.15, 0.2) is 17.3 Å². The molecule has 2 aromatic rings. The van der Waals surface area contributed by atoms with Gasteiger partial charge in [0.1, 0.15) is 0 Å². The minimum Gasteiger partial charge on any atom is -0.380 e. The second-order valence-corrected chi connectivity index (χ2v) is 4.24. The zero-order valence-electron chi connectivity index (χ0n) is 9.42. The molecule has 0 spiro atoms. The standard InChI is InChI=1S/C10H8Cl2N6O/c11-6-2-1-5(7(12)3-6)4-15-16-9(13)8-10(14)18-19-17-8/h1-4H,(H2,13,16)(H2,14,18)/b15-4-. The molecule has 0 fully saturated rings. The Hall–Kier alpha value is -2.12. The second kappa shape index (κ2) is 5.68. The number of hydrogen-bond donors (Lipinski definition) is 2. The number of anilines is 1. The van der Waals surface area contributed by atoms with E-state index in [0.29, 0.717) is 15.6 Å². The van der Waals surface area contributed by atoms with Gasteiger partial charge in [0.25, 0.3) is 0 Å². The number of halogens is 2. The zero-order valence-corrected chi connectivity index (χ0v) is 10.9. The van der Waals surface area contributed by atoms with Crippen LogP contribution in [-0.4, -0.2) is 22.4 Å². The predicted octanol–water partition coefficient (Wildman–Crippen LogP) is 1.70. The molecule has 98 valence electrons. The van der Waals surface area contributed by atoms with Gasteiger partial charge in [0.05, 0.1) is 11.2 Å². The molecule has 0 bridgehead atoms. The fraction of sp³-hybridized carbons (Fsp3) is 0. The fourth-order valence-electron chi connectivity index (χ4n) is 1.18. The van der Waals surface area contributed by atoms with E-state index in [1.807, 2.05) is 0 Å². The average molecular weight is 299 g/mol. The van der Waals surface area contributed by atoms with E-state index < -0.39 is 0 Å². The number of amidine groups is 1. The van der Waals surface area contributed by atoms with Gasteiger partial charge in [-0.3, -0.25) is 0 Å². The van der Waals surface area contributed by atoms with Crippen molar-refractivity contribution in [1.29, 1.82) is 0 Å². The van der Waals surface area contributed by atoms with Gasteiger partial charge in [-0.25, -0.2) is 4.63 Å². The lowest BCUT2D eigenvalue weighted by atomic mass is 10.2. The number of rotatable bonds is 3. The van der Waals surface area contributed by atoms with Crippen LogP contribution in [0.15, 0.2) is 33.0 Å². The summed E-state index contributed by atoms with van der Waals surface area (Å²) in [6.45, 7) is 0. The van der Waals surface area contributed by atoms with Crippen molar-refractivity contribution >= 4 is 41.1 Å². The van der Waals surface area contributed by atoms with E-state index in [9.17, 15) is 0 Å². The highest BCUT2D eigenvalue weighted by Gasteiger charge is 2.09. The van der Waals surface area contributed by atoms with Crippen molar-refractivity contribution in [3.05, 3.63) is 39.5 Å². The van der Waals surface area contributed by atoms with Gasteiger partial charge in [-0.1, -0.05) is 29.3 Å². The van der Waals surface area contributed by atoms with Crippen LogP contribution in [0.25, 0.3) is 0 Å². The third kappa shape index (κ3) is 3.21. The van der Waals surface area contributed by atoms with E-state index >= 15 is 0 Å². The Bertz CT molecular complexity index is 651. The fourth-order valence-corrected chi connectivity index (χ4v) is 1.64. The van der Waals surface area contributed by atoms with Crippen molar-refractivity contribution < 1.29 is 4.63 Å². The van der Waals surface area contributed by atoms with Gasteiger partial charge in [0.2, 0.25) is 0 Å². The molecule has 4 N–H and O–H groups in total. The van der Waals surface area contributed by atoms with E-state index in [-0.39, 0.29) is 17.3 Å². The smallest absolute Gasteiger partial charge is 0.199 e. The molecule has 0 aliphatic rings. The molecule has 0 aliphatic heterocycles. The summed E-state index contributed by atoms with van der Waals surface area (Å²) in [4.78, 5) is 0. The highest BCUT2D eigenvalue weighted by atomic mass is 35.5. The molecule has 0 radical (unpaired) electrons. The predicted molar refractivity (Wildman–Crippen MR) is 73.5 cm³/mol. The maximum absolute atomic E-state index is 5.96. The molecular formula is C10H8Cl2N6O. The molecule has 0 saturated heterocycles. The van der Waals surface area contributed by atoms with Gasteiger partial charge in [0, 0.05) is 10.6 Å². The molecule has 19 heavy (non-hydrogen) atoms. The molecule has 0 atom stereocenters. The van der Waals surface area contributed by atoms with Gasteiger partial charge in [-0.05, 0) is 22.4 Å². The SMILES string of the molecule is N/C(=N/N=C\c1ccc(Cl)cc1Cl)c1nonc1N. The Morgan fingerprint density at radius 2 is 2.11 bits per heavy atom. The van der Waals surface area contributed by atoms with E-state index in [0.717, 1.165) is 0 Å². The summed E-state index contributed by atoms with van der Waals surface area (Å²) in [5, 5.41) is 15.3. The van der Waals surface area contributed by atoms with E-state index in [1.54, 1.807) is 18.2 Å². The second-order valence-electron chi connectivity index (χ2n) is 3.39. The van der Waals surface area contributed by atoms with Gasteiger partial charge >= 0.3 is 0 Å². The summed E-state index contributed by atoms with van der Waals surface area (Å²) in [6.07, 6.45) is 1.43. The third-order valence-electron chi connectivity index (χ3n) is 2.08. The molecule has 0 aliphatic carbocycles. The minimum absolute atomic E-state index is 0.0138. The van der Waals surface area contributed by atoms with Crippen LogP contribution in [0.4, 0.5) is 5.82 Å². The number of nitrogens with two attached hydrogens (primary N) is 2.